The number of hydrogen-bond acceptors (Lipinski definition) is 2. The van der Waals surface area contributed by atoms with E-state index in [9.17, 15) is 0 Å². The molecule has 61 valence electrons. The van der Waals surface area contributed by atoms with E-state index in [0.29, 0.717) is 0 Å². The maximum Gasteiger partial charge on any atom is 0.154 e. The molecule has 1 aliphatic heterocycles. The highest BCUT2D eigenvalue weighted by Crippen LogP contribution is 2.21. The summed E-state index contributed by atoms with van der Waals surface area (Å²) in [4.78, 5) is 2.11. The van der Waals surface area contributed by atoms with E-state index in [1.807, 2.05) is 37.5 Å². The predicted molar refractivity (Wildman–Crippen MR) is 50.1 cm³/mol. The van der Waals surface area contributed by atoms with Gasteiger partial charge in [0.25, 0.3) is 0 Å². The van der Waals surface area contributed by atoms with E-state index in [1.165, 1.54) is 5.69 Å². The van der Waals surface area contributed by atoms with Gasteiger partial charge in [0.2, 0.25) is 0 Å². The highest BCUT2D eigenvalue weighted by molar-refractivity contribution is 5.54. The lowest BCUT2D eigenvalue weighted by molar-refractivity contribution is 0.861. The van der Waals surface area contributed by atoms with Crippen LogP contribution in [0.1, 0.15) is 6.92 Å². The standard InChI is InChI=1S/C10H11N2/c1-9-11-7-8-12(9)10-5-3-2-4-6-10/h2-8,11H,1H3. The van der Waals surface area contributed by atoms with Crippen molar-refractivity contribution in [2.45, 2.75) is 6.92 Å². The summed E-state index contributed by atoms with van der Waals surface area (Å²) in [6.07, 6.45) is 5.09. The van der Waals surface area contributed by atoms with Gasteiger partial charge in [-0.2, -0.15) is 0 Å². The van der Waals surface area contributed by atoms with Crippen LogP contribution >= 0.6 is 0 Å². The van der Waals surface area contributed by atoms with Crippen LogP contribution in [0.5, 0.6) is 0 Å². The van der Waals surface area contributed by atoms with E-state index in [1.54, 1.807) is 0 Å². The fourth-order valence-electron chi connectivity index (χ4n) is 1.28. The van der Waals surface area contributed by atoms with Crippen LogP contribution in [0.15, 0.2) is 42.7 Å². The van der Waals surface area contributed by atoms with Crippen LogP contribution in [0.2, 0.25) is 0 Å². The van der Waals surface area contributed by atoms with Crippen LogP contribution in [0.4, 0.5) is 5.69 Å². The topological polar surface area (TPSA) is 15.3 Å². The van der Waals surface area contributed by atoms with Gasteiger partial charge in [-0.1, -0.05) is 18.2 Å². The Labute approximate surface area is 72.5 Å². The van der Waals surface area contributed by atoms with Gasteiger partial charge in [-0.25, -0.2) is 0 Å². The number of hydrogen-bond donors (Lipinski definition) is 1. The zero-order valence-electron chi connectivity index (χ0n) is 6.99. The van der Waals surface area contributed by atoms with Crippen molar-refractivity contribution in [2.24, 2.45) is 0 Å². The second-order valence-corrected chi connectivity index (χ2v) is 2.75. The van der Waals surface area contributed by atoms with Crippen LogP contribution in [-0.4, -0.2) is 0 Å². The molecular formula is C10H11N2. The van der Waals surface area contributed by atoms with Gasteiger partial charge >= 0.3 is 0 Å². The first kappa shape index (κ1) is 7.22. The van der Waals surface area contributed by atoms with Crippen molar-refractivity contribution in [1.29, 1.82) is 0 Å². The molecule has 0 saturated carbocycles. The van der Waals surface area contributed by atoms with Gasteiger partial charge in [-0.15, -0.1) is 0 Å². The van der Waals surface area contributed by atoms with Crippen LogP contribution in [0.3, 0.4) is 0 Å². The first-order valence-corrected chi connectivity index (χ1v) is 3.99. The Morgan fingerprint density at radius 3 is 2.50 bits per heavy atom. The maximum absolute atomic E-state index is 3.13. The van der Waals surface area contributed by atoms with Crippen LogP contribution in [-0.2, 0) is 0 Å². The number of rotatable bonds is 1. The summed E-state index contributed by atoms with van der Waals surface area (Å²) in [5, 5.41) is 3.13. The van der Waals surface area contributed by atoms with Crippen molar-refractivity contribution in [3.05, 3.63) is 48.9 Å². The number of para-hydroxylation sites is 1. The highest BCUT2D eigenvalue weighted by atomic mass is 15.3. The summed E-state index contributed by atoms with van der Waals surface area (Å²) in [5.74, 6) is 0. The lowest BCUT2D eigenvalue weighted by atomic mass is 10.3. The zero-order chi connectivity index (χ0) is 8.39. The zero-order valence-corrected chi connectivity index (χ0v) is 6.99. The van der Waals surface area contributed by atoms with Crippen molar-refractivity contribution < 1.29 is 0 Å². The Morgan fingerprint density at radius 2 is 1.92 bits per heavy atom. The lowest BCUT2D eigenvalue weighted by Gasteiger charge is -2.20. The van der Waals surface area contributed by atoms with Crippen molar-refractivity contribution in [1.82, 2.24) is 5.32 Å². The van der Waals surface area contributed by atoms with Gasteiger partial charge in [-0.3, -0.25) is 0 Å². The molecule has 0 amide bonds. The summed E-state index contributed by atoms with van der Waals surface area (Å²) < 4.78 is 0. The molecular weight excluding hydrogens is 148 g/mol. The molecule has 0 fully saturated rings. The van der Waals surface area contributed by atoms with E-state index in [4.69, 9.17) is 0 Å². The number of anilines is 1. The predicted octanol–water partition coefficient (Wildman–Crippen LogP) is 2.08. The first-order valence-electron chi connectivity index (χ1n) is 3.99. The molecule has 1 aliphatic rings. The molecule has 2 rings (SSSR count). The van der Waals surface area contributed by atoms with Crippen LogP contribution in [0.25, 0.3) is 0 Å². The minimum atomic E-state index is 1.14. The number of benzene rings is 1. The SMILES string of the molecule is C[C]1NC=CN1c1ccccc1. The van der Waals surface area contributed by atoms with Crippen molar-refractivity contribution >= 4 is 5.69 Å². The van der Waals surface area contributed by atoms with E-state index in [0.717, 1.165) is 6.17 Å². The Balaban J connectivity index is 2.25. The average Bonchev–Trinajstić information content (AvgIpc) is 2.53. The van der Waals surface area contributed by atoms with Crippen molar-refractivity contribution in [2.75, 3.05) is 4.90 Å². The Kier molecular flexibility index (Phi) is 1.74. The van der Waals surface area contributed by atoms with Gasteiger partial charge in [0.05, 0.1) is 0 Å². The van der Waals surface area contributed by atoms with E-state index >= 15 is 0 Å². The molecule has 0 saturated heterocycles. The third-order valence-electron chi connectivity index (χ3n) is 1.91. The Morgan fingerprint density at radius 1 is 1.17 bits per heavy atom. The summed E-state index contributed by atoms with van der Waals surface area (Å²) in [6.45, 7) is 2.05. The molecule has 0 bridgehead atoms. The fraction of sp³-hybridized carbons (Fsp3) is 0.100. The molecule has 0 spiro atoms. The largest absolute Gasteiger partial charge is 0.364 e. The van der Waals surface area contributed by atoms with E-state index < -0.39 is 0 Å². The molecule has 1 radical (unpaired) electrons. The van der Waals surface area contributed by atoms with Crippen LogP contribution in [0, 0.1) is 6.17 Å². The maximum atomic E-state index is 3.13. The second kappa shape index (κ2) is 2.89. The summed E-state index contributed by atoms with van der Waals surface area (Å²) in [5.41, 5.74) is 1.19. The average molecular weight is 159 g/mol. The van der Waals surface area contributed by atoms with Crippen molar-refractivity contribution in [3.63, 3.8) is 0 Å². The summed E-state index contributed by atoms with van der Waals surface area (Å²) in [7, 11) is 0. The number of nitrogens with one attached hydrogen (secondary N) is 1. The van der Waals surface area contributed by atoms with E-state index in [-0.39, 0.29) is 0 Å². The third kappa shape index (κ3) is 1.16. The highest BCUT2D eigenvalue weighted by Gasteiger charge is 2.15. The van der Waals surface area contributed by atoms with Gasteiger partial charge in [0.15, 0.2) is 6.17 Å². The number of nitrogens with zero attached hydrogens (tertiary/aromatic N) is 1. The molecule has 2 nitrogen and oxygen atoms in total. The smallest absolute Gasteiger partial charge is 0.154 e. The molecule has 1 aromatic carbocycles. The molecule has 0 atom stereocenters. The second-order valence-electron chi connectivity index (χ2n) is 2.75. The molecule has 0 aliphatic carbocycles. The Bertz CT molecular complexity index is 279. The summed E-state index contributed by atoms with van der Waals surface area (Å²) >= 11 is 0. The van der Waals surface area contributed by atoms with Crippen molar-refractivity contribution in [3.8, 4) is 0 Å². The van der Waals surface area contributed by atoms with E-state index in [2.05, 4.69) is 22.3 Å². The minimum Gasteiger partial charge on any atom is -0.364 e. The normalized spacial score (nSPS) is 16.6. The van der Waals surface area contributed by atoms with Crippen LogP contribution < -0.4 is 10.2 Å². The lowest BCUT2D eigenvalue weighted by Crippen LogP contribution is -2.22. The first-order chi connectivity index (χ1) is 5.88. The molecule has 12 heavy (non-hydrogen) atoms. The summed E-state index contributed by atoms with van der Waals surface area (Å²) in [6, 6.07) is 10.3. The van der Waals surface area contributed by atoms with Gasteiger partial charge < -0.3 is 10.2 Å². The van der Waals surface area contributed by atoms with Gasteiger partial charge in [0, 0.05) is 18.1 Å². The molecule has 1 aromatic rings. The molecule has 2 heteroatoms. The quantitative estimate of drug-likeness (QED) is 0.674. The molecule has 1 heterocycles. The minimum absolute atomic E-state index is 1.14. The molecule has 0 aromatic heterocycles. The van der Waals surface area contributed by atoms with Gasteiger partial charge in [0.1, 0.15) is 0 Å². The third-order valence-corrected chi connectivity index (χ3v) is 1.91. The molecule has 0 unspecified atom stereocenters. The fourth-order valence-corrected chi connectivity index (χ4v) is 1.28. The molecule has 1 N–H and O–H groups in total. The monoisotopic (exact) mass is 159 g/mol. The Hall–Kier alpha value is -1.44. The van der Waals surface area contributed by atoms with Gasteiger partial charge in [-0.05, 0) is 19.1 Å².